The van der Waals surface area contributed by atoms with E-state index >= 15 is 0 Å². The second kappa shape index (κ2) is 4.26. The molecule has 3 N–H and O–H groups in total. The fourth-order valence-electron chi connectivity index (χ4n) is 1.11. The highest BCUT2D eigenvalue weighted by Gasteiger charge is 2.17. The zero-order chi connectivity index (χ0) is 10.7. The molecule has 5 heteroatoms. The SMILES string of the molecule is COC(C)c1cc(C)c(C(=O)NN)o1. The van der Waals surface area contributed by atoms with Crippen LogP contribution >= 0.6 is 0 Å². The third-order valence-electron chi connectivity index (χ3n) is 2.03. The summed E-state index contributed by atoms with van der Waals surface area (Å²) in [4.78, 5) is 11.2. The lowest BCUT2D eigenvalue weighted by Gasteiger charge is -2.04. The third-order valence-corrected chi connectivity index (χ3v) is 2.03. The quantitative estimate of drug-likeness (QED) is 0.429. The number of amides is 1. The van der Waals surface area contributed by atoms with Crippen molar-refractivity contribution in [1.82, 2.24) is 5.43 Å². The zero-order valence-corrected chi connectivity index (χ0v) is 8.46. The summed E-state index contributed by atoms with van der Waals surface area (Å²) in [7, 11) is 1.57. The molecule has 1 atom stereocenters. The van der Waals surface area contributed by atoms with Gasteiger partial charge in [0.1, 0.15) is 11.9 Å². The van der Waals surface area contributed by atoms with Crippen LogP contribution in [-0.4, -0.2) is 13.0 Å². The van der Waals surface area contributed by atoms with Gasteiger partial charge >= 0.3 is 5.91 Å². The number of rotatable bonds is 3. The van der Waals surface area contributed by atoms with Gasteiger partial charge in [-0.05, 0) is 19.9 Å². The highest BCUT2D eigenvalue weighted by atomic mass is 16.5. The minimum atomic E-state index is -0.433. The van der Waals surface area contributed by atoms with Crippen LogP contribution in [0.4, 0.5) is 0 Å². The first-order chi connectivity index (χ1) is 6.60. The van der Waals surface area contributed by atoms with E-state index in [-0.39, 0.29) is 11.9 Å². The Morgan fingerprint density at radius 2 is 2.36 bits per heavy atom. The molecule has 0 aromatic carbocycles. The lowest BCUT2D eigenvalue weighted by Crippen LogP contribution is -2.30. The summed E-state index contributed by atoms with van der Waals surface area (Å²) >= 11 is 0. The van der Waals surface area contributed by atoms with Crippen molar-refractivity contribution in [3.05, 3.63) is 23.2 Å². The topological polar surface area (TPSA) is 77.5 Å². The maximum Gasteiger partial charge on any atom is 0.301 e. The monoisotopic (exact) mass is 198 g/mol. The van der Waals surface area contributed by atoms with Crippen LogP contribution in [0.2, 0.25) is 0 Å². The standard InChI is InChI=1S/C9H14N2O3/c1-5-4-7(6(2)13-3)14-8(5)9(12)11-10/h4,6H,10H2,1-3H3,(H,11,12). The van der Waals surface area contributed by atoms with Gasteiger partial charge in [0.15, 0.2) is 5.76 Å². The summed E-state index contributed by atoms with van der Waals surface area (Å²) in [5, 5.41) is 0. The molecule has 0 aliphatic carbocycles. The fourth-order valence-corrected chi connectivity index (χ4v) is 1.11. The number of nitrogens with two attached hydrogens (primary N) is 1. The predicted octanol–water partition coefficient (Wildman–Crippen LogP) is 0.899. The highest BCUT2D eigenvalue weighted by molar-refractivity contribution is 5.92. The van der Waals surface area contributed by atoms with Crippen molar-refractivity contribution in [3.8, 4) is 0 Å². The number of nitrogen functional groups attached to an aromatic ring is 1. The number of carbonyl (C=O) groups excluding carboxylic acids is 1. The van der Waals surface area contributed by atoms with E-state index in [9.17, 15) is 4.79 Å². The number of nitrogens with one attached hydrogen (secondary N) is 1. The van der Waals surface area contributed by atoms with Crippen molar-refractivity contribution in [2.24, 2.45) is 5.84 Å². The lowest BCUT2D eigenvalue weighted by atomic mass is 10.2. The van der Waals surface area contributed by atoms with Crippen molar-refractivity contribution in [2.75, 3.05) is 7.11 Å². The lowest BCUT2D eigenvalue weighted by molar-refractivity contribution is 0.0870. The van der Waals surface area contributed by atoms with Crippen LogP contribution in [0.5, 0.6) is 0 Å². The van der Waals surface area contributed by atoms with Crippen LogP contribution in [0.25, 0.3) is 0 Å². The summed E-state index contributed by atoms with van der Waals surface area (Å²) in [5.41, 5.74) is 2.76. The first-order valence-corrected chi connectivity index (χ1v) is 4.24. The molecule has 1 unspecified atom stereocenters. The Balaban J connectivity index is 2.98. The number of hydrogen-bond acceptors (Lipinski definition) is 4. The summed E-state index contributed by atoms with van der Waals surface area (Å²) < 4.78 is 10.4. The number of methoxy groups -OCH3 is 1. The van der Waals surface area contributed by atoms with Crippen molar-refractivity contribution in [3.63, 3.8) is 0 Å². The normalized spacial score (nSPS) is 12.6. The minimum Gasteiger partial charge on any atom is -0.453 e. The first-order valence-electron chi connectivity index (χ1n) is 4.24. The second-order valence-corrected chi connectivity index (χ2v) is 3.01. The minimum absolute atomic E-state index is 0.173. The van der Waals surface area contributed by atoms with Crippen LogP contribution in [0.3, 0.4) is 0 Å². The Hall–Kier alpha value is -1.33. The summed E-state index contributed by atoms with van der Waals surface area (Å²) in [6.07, 6.45) is -0.173. The summed E-state index contributed by atoms with van der Waals surface area (Å²) in [5.74, 6) is 5.41. The molecule has 1 rings (SSSR count). The summed E-state index contributed by atoms with van der Waals surface area (Å²) in [6, 6.07) is 1.76. The van der Waals surface area contributed by atoms with Crippen LogP contribution in [0, 0.1) is 6.92 Å². The van der Waals surface area contributed by atoms with Crippen molar-refractivity contribution < 1.29 is 13.9 Å². The molecule has 0 aliphatic rings. The maximum absolute atomic E-state index is 11.2. The van der Waals surface area contributed by atoms with E-state index in [1.807, 2.05) is 12.3 Å². The molecule has 0 bridgehead atoms. The van der Waals surface area contributed by atoms with Crippen molar-refractivity contribution >= 4 is 5.91 Å². The largest absolute Gasteiger partial charge is 0.453 e. The van der Waals surface area contributed by atoms with Gasteiger partial charge in [-0.25, -0.2) is 5.84 Å². The van der Waals surface area contributed by atoms with Gasteiger partial charge in [-0.2, -0.15) is 0 Å². The molecule has 0 radical (unpaired) electrons. The molecule has 14 heavy (non-hydrogen) atoms. The molecular formula is C9H14N2O3. The Kier molecular flexibility index (Phi) is 3.27. The highest BCUT2D eigenvalue weighted by Crippen LogP contribution is 2.22. The molecule has 5 nitrogen and oxygen atoms in total. The average Bonchev–Trinajstić information content (AvgIpc) is 2.58. The molecule has 1 amide bonds. The number of ether oxygens (including phenoxy) is 1. The molecular weight excluding hydrogens is 184 g/mol. The van der Waals surface area contributed by atoms with E-state index in [2.05, 4.69) is 0 Å². The maximum atomic E-state index is 11.2. The zero-order valence-electron chi connectivity index (χ0n) is 8.46. The smallest absolute Gasteiger partial charge is 0.301 e. The number of hydrogen-bond donors (Lipinski definition) is 2. The van der Waals surface area contributed by atoms with E-state index in [1.165, 1.54) is 0 Å². The van der Waals surface area contributed by atoms with Gasteiger partial charge < -0.3 is 9.15 Å². The Bertz CT molecular complexity index is 333. The third kappa shape index (κ3) is 1.94. The first kappa shape index (κ1) is 10.7. The van der Waals surface area contributed by atoms with Gasteiger partial charge in [0.2, 0.25) is 0 Å². The fraction of sp³-hybridized carbons (Fsp3) is 0.444. The molecule has 0 spiro atoms. The van der Waals surface area contributed by atoms with E-state index in [0.29, 0.717) is 5.76 Å². The van der Waals surface area contributed by atoms with Crippen molar-refractivity contribution in [2.45, 2.75) is 20.0 Å². The van der Waals surface area contributed by atoms with Crippen LogP contribution < -0.4 is 11.3 Å². The molecule has 1 aromatic heterocycles. The van der Waals surface area contributed by atoms with Gasteiger partial charge in [0.05, 0.1) is 0 Å². The molecule has 0 fully saturated rings. The second-order valence-electron chi connectivity index (χ2n) is 3.01. The number of aryl methyl sites for hydroxylation is 1. The number of carbonyl (C=O) groups is 1. The predicted molar refractivity (Wildman–Crippen MR) is 50.5 cm³/mol. The van der Waals surface area contributed by atoms with Crippen LogP contribution in [0.1, 0.15) is 34.9 Å². The van der Waals surface area contributed by atoms with Gasteiger partial charge in [0.25, 0.3) is 0 Å². The van der Waals surface area contributed by atoms with Gasteiger partial charge in [-0.3, -0.25) is 10.2 Å². The van der Waals surface area contributed by atoms with E-state index in [4.69, 9.17) is 15.0 Å². The molecule has 1 aromatic rings. The Morgan fingerprint density at radius 1 is 1.71 bits per heavy atom. The number of hydrazine groups is 1. The van der Waals surface area contributed by atoms with Gasteiger partial charge in [-0.15, -0.1) is 0 Å². The van der Waals surface area contributed by atoms with Gasteiger partial charge in [-0.1, -0.05) is 0 Å². The van der Waals surface area contributed by atoms with Gasteiger partial charge in [0, 0.05) is 12.7 Å². The Morgan fingerprint density at radius 3 is 2.86 bits per heavy atom. The molecule has 1 heterocycles. The van der Waals surface area contributed by atoms with Crippen LogP contribution in [0.15, 0.2) is 10.5 Å². The molecule has 0 saturated heterocycles. The van der Waals surface area contributed by atoms with Crippen LogP contribution in [-0.2, 0) is 4.74 Å². The molecule has 0 aliphatic heterocycles. The van der Waals surface area contributed by atoms with E-state index in [1.54, 1.807) is 20.1 Å². The van der Waals surface area contributed by atoms with Crippen molar-refractivity contribution in [1.29, 1.82) is 0 Å². The Labute approximate surface area is 82.2 Å². The number of furan rings is 1. The van der Waals surface area contributed by atoms with E-state index in [0.717, 1.165) is 5.56 Å². The molecule has 78 valence electrons. The molecule has 0 saturated carbocycles. The summed E-state index contributed by atoms with van der Waals surface area (Å²) in [6.45, 7) is 3.61. The average molecular weight is 198 g/mol. The van der Waals surface area contributed by atoms with E-state index < -0.39 is 5.91 Å².